The van der Waals surface area contributed by atoms with E-state index >= 15 is 0 Å². The molecule has 1 aliphatic rings. The number of nitrogens with one attached hydrogen (secondary N) is 1. The third kappa shape index (κ3) is 26.6. The lowest BCUT2D eigenvalue weighted by Gasteiger charge is -2.40. The number of unbranched alkanes of at least 4 members (excludes halogenated alkanes) is 25. The van der Waals surface area contributed by atoms with E-state index in [4.69, 9.17) is 9.47 Å². The molecule has 1 aliphatic heterocycles. The van der Waals surface area contributed by atoms with E-state index in [1.807, 2.05) is 6.08 Å². The van der Waals surface area contributed by atoms with Crippen LogP contribution >= 0.6 is 0 Å². The van der Waals surface area contributed by atoms with Gasteiger partial charge in [-0.3, -0.25) is 4.79 Å². The van der Waals surface area contributed by atoms with E-state index in [1.165, 1.54) is 135 Å². The van der Waals surface area contributed by atoms with Gasteiger partial charge in [0.2, 0.25) is 5.91 Å². The van der Waals surface area contributed by atoms with Crippen molar-refractivity contribution in [1.29, 1.82) is 0 Å². The Morgan fingerprint density at radius 2 is 1.04 bits per heavy atom. The molecule has 0 spiro atoms. The van der Waals surface area contributed by atoms with Gasteiger partial charge in [-0.1, -0.05) is 179 Å². The lowest BCUT2D eigenvalue weighted by molar-refractivity contribution is -0.302. The number of amides is 1. The summed E-state index contributed by atoms with van der Waals surface area (Å²) in [6, 6.07) is -0.977. The molecule has 330 valence electrons. The summed E-state index contributed by atoms with van der Waals surface area (Å²) >= 11 is 0. The molecular weight excluding hydrogens is 711 g/mol. The van der Waals surface area contributed by atoms with E-state index < -0.39 is 61.5 Å². The number of ether oxygens (including phenoxy) is 2. The molecular formula is C46H87NO9. The molecule has 7 N–H and O–H groups in total. The molecule has 10 nitrogen and oxygen atoms in total. The van der Waals surface area contributed by atoms with Crippen molar-refractivity contribution in [2.45, 2.75) is 249 Å². The van der Waals surface area contributed by atoms with Crippen LogP contribution < -0.4 is 5.32 Å². The van der Waals surface area contributed by atoms with Crippen LogP contribution in [-0.4, -0.2) is 98.7 Å². The number of hydrogen-bond acceptors (Lipinski definition) is 9. The Morgan fingerprint density at radius 1 is 0.607 bits per heavy atom. The summed E-state index contributed by atoms with van der Waals surface area (Å²) in [7, 11) is 0. The molecule has 1 fully saturated rings. The van der Waals surface area contributed by atoms with E-state index in [-0.39, 0.29) is 6.61 Å². The maximum absolute atomic E-state index is 13.0. The highest BCUT2D eigenvalue weighted by Gasteiger charge is 2.44. The molecule has 0 aromatic heterocycles. The largest absolute Gasteiger partial charge is 0.394 e. The summed E-state index contributed by atoms with van der Waals surface area (Å²) in [5.74, 6) is -0.618. The van der Waals surface area contributed by atoms with Crippen LogP contribution in [0.5, 0.6) is 0 Å². The van der Waals surface area contributed by atoms with Gasteiger partial charge in [0.1, 0.15) is 30.5 Å². The Labute approximate surface area is 341 Å². The zero-order valence-corrected chi connectivity index (χ0v) is 35.8. The SMILES string of the molecule is CCCCCCCCC=CCCCCCCCCCCCCC(O)C(=O)NC(COC1OC(CO)C(O)C(O)C1O)C(O)C=CCCCCCCCCCCC. The number of hydrogen-bond donors (Lipinski definition) is 7. The van der Waals surface area contributed by atoms with Gasteiger partial charge in [-0.05, 0) is 44.9 Å². The Balaban J connectivity index is 2.36. The van der Waals surface area contributed by atoms with Crippen molar-refractivity contribution in [3.8, 4) is 0 Å². The van der Waals surface area contributed by atoms with Crippen LogP contribution in [0.4, 0.5) is 0 Å². The Morgan fingerprint density at radius 3 is 1.50 bits per heavy atom. The third-order valence-corrected chi connectivity index (χ3v) is 11.1. The topological polar surface area (TPSA) is 169 Å². The first-order valence-corrected chi connectivity index (χ1v) is 23.2. The van der Waals surface area contributed by atoms with E-state index in [0.717, 1.165) is 38.5 Å². The van der Waals surface area contributed by atoms with Crippen molar-refractivity contribution in [3.05, 3.63) is 24.3 Å². The maximum atomic E-state index is 13.0. The molecule has 0 saturated carbocycles. The van der Waals surface area contributed by atoms with Crippen LogP contribution in [-0.2, 0) is 14.3 Å². The normalized spacial score (nSPS) is 21.9. The van der Waals surface area contributed by atoms with Gasteiger partial charge in [0, 0.05) is 0 Å². The molecule has 0 radical (unpaired) electrons. The summed E-state index contributed by atoms with van der Waals surface area (Å²) in [4.78, 5) is 13.0. The summed E-state index contributed by atoms with van der Waals surface area (Å²) < 4.78 is 11.1. The van der Waals surface area contributed by atoms with Crippen LogP contribution in [0, 0.1) is 0 Å². The number of rotatable bonds is 38. The van der Waals surface area contributed by atoms with Gasteiger partial charge >= 0.3 is 0 Å². The fraction of sp³-hybridized carbons (Fsp3) is 0.891. The summed E-state index contributed by atoms with van der Waals surface area (Å²) in [5, 5.41) is 64.5. The fourth-order valence-corrected chi connectivity index (χ4v) is 7.27. The molecule has 1 saturated heterocycles. The van der Waals surface area contributed by atoms with E-state index in [9.17, 15) is 35.4 Å². The van der Waals surface area contributed by atoms with Gasteiger partial charge in [0.15, 0.2) is 6.29 Å². The van der Waals surface area contributed by atoms with Crippen molar-refractivity contribution in [3.63, 3.8) is 0 Å². The molecule has 0 aromatic rings. The third-order valence-electron chi connectivity index (χ3n) is 11.1. The maximum Gasteiger partial charge on any atom is 0.249 e. The minimum Gasteiger partial charge on any atom is -0.394 e. The lowest BCUT2D eigenvalue weighted by Crippen LogP contribution is -2.60. The fourth-order valence-electron chi connectivity index (χ4n) is 7.27. The van der Waals surface area contributed by atoms with Gasteiger partial charge in [0.25, 0.3) is 0 Å². The van der Waals surface area contributed by atoms with Crippen LogP contribution in [0.25, 0.3) is 0 Å². The van der Waals surface area contributed by atoms with Gasteiger partial charge in [-0.2, -0.15) is 0 Å². The van der Waals surface area contributed by atoms with Gasteiger partial charge in [-0.15, -0.1) is 0 Å². The molecule has 10 heteroatoms. The Hall–Kier alpha value is -1.37. The summed E-state index contributed by atoms with van der Waals surface area (Å²) in [6.45, 7) is 3.58. The van der Waals surface area contributed by atoms with E-state index in [0.29, 0.717) is 12.8 Å². The zero-order valence-electron chi connectivity index (χ0n) is 35.8. The zero-order chi connectivity index (χ0) is 41.1. The average molecular weight is 798 g/mol. The molecule has 8 unspecified atom stereocenters. The second-order valence-electron chi connectivity index (χ2n) is 16.3. The van der Waals surface area contributed by atoms with Crippen LogP contribution in [0.3, 0.4) is 0 Å². The van der Waals surface area contributed by atoms with Crippen molar-refractivity contribution in [2.75, 3.05) is 13.2 Å². The van der Waals surface area contributed by atoms with Gasteiger partial charge < -0.3 is 45.4 Å². The molecule has 1 amide bonds. The monoisotopic (exact) mass is 798 g/mol. The first-order valence-electron chi connectivity index (χ1n) is 23.2. The minimum atomic E-state index is -1.61. The Bertz CT molecular complexity index is 948. The smallest absolute Gasteiger partial charge is 0.249 e. The van der Waals surface area contributed by atoms with Gasteiger partial charge in [0.05, 0.1) is 25.4 Å². The quantitative estimate of drug-likeness (QED) is 0.0239. The molecule has 8 atom stereocenters. The van der Waals surface area contributed by atoms with Crippen molar-refractivity contribution in [2.24, 2.45) is 0 Å². The van der Waals surface area contributed by atoms with Gasteiger partial charge in [-0.25, -0.2) is 0 Å². The lowest BCUT2D eigenvalue weighted by atomic mass is 9.99. The summed E-state index contributed by atoms with van der Waals surface area (Å²) in [5.41, 5.74) is 0. The molecule has 1 rings (SSSR count). The van der Waals surface area contributed by atoms with Crippen LogP contribution in [0.1, 0.15) is 200 Å². The average Bonchev–Trinajstić information content (AvgIpc) is 3.20. The number of aliphatic hydroxyl groups excluding tert-OH is 6. The molecule has 56 heavy (non-hydrogen) atoms. The minimum absolute atomic E-state index is 0.305. The van der Waals surface area contributed by atoms with Crippen LogP contribution in [0.2, 0.25) is 0 Å². The molecule has 0 bridgehead atoms. The van der Waals surface area contributed by atoms with Crippen molar-refractivity contribution in [1.82, 2.24) is 5.32 Å². The first-order chi connectivity index (χ1) is 27.3. The second-order valence-corrected chi connectivity index (χ2v) is 16.3. The van der Waals surface area contributed by atoms with Crippen molar-refractivity contribution >= 4 is 5.91 Å². The number of allylic oxidation sites excluding steroid dienone is 3. The molecule has 1 heterocycles. The number of aliphatic hydroxyl groups is 6. The summed E-state index contributed by atoms with van der Waals surface area (Å²) in [6.07, 6.45) is 32.7. The molecule has 0 aromatic carbocycles. The highest BCUT2D eigenvalue weighted by molar-refractivity contribution is 5.80. The van der Waals surface area contributed by atoms with E-state index in [1.54, 1.807) is 6.08 Å². The Kier molecular flexibility index (Phi) is 34.5. The first kappa shape index (κ1) is 52.6. The predicted molar refractivity (Wildman–Crippen MR) is 227 cm³/mol. The van der Waals surface area contributed by atoms with Crippen molar-refractivity contribution < 1.29 is 44.9 Å². The highest BCUT2D eigenvalue weighted by atomic mass is 16.7. The number of carbonyl (C=O) groups is 1. The van der Waals surface area contributed by atoms with Crippen LogP contribution in [0.15, 0.2) is 24.3 Å². The predicted octanol–water partition coefficient (Wildman–Crippen LogP) is 8.47. The molecule has 0 aliphatic carbocycles. The number of carbonyl (C=O) groups excluding carboxylic acids is 1. The second kappa shape index (κ2) is 36.7. The standard InChI is InChI=1S/C46H87NO9/c1-3-5-7-9-11-13-15-16-17-18-19-20-21-22-23-25-27-29-31-33-35-40(50)45(54)47-38(37-55-46-44(53)43(52)42(51)41(36-48)56-46)39(49)34-32-30-28-26-24-14-12-10-8-6-4-2/h16-17,32,34,38-44,46,48-53H,3-15,18-31,33,35-37H2,1-2H3,(H,47,54). The van der Waals surface area contributed by atoms with E-state index in [2.05, 4.69) is 31.3 Å². The highest BCUT2D eigenvalue weighted by Crippen LogP contribution is 2.23.